The van der Waals surface area contributed by atoms with Gasteiger partial charge < -0.3 is 10.1 Å². The van der Waals surface area contributed by atoms with Crippen LogP contribution in [0.15, 0.2) is 42.5 Å². The number of carbonyl (C=O) groups excluding carboxylic acids is 1. The fourth-order valence-corrected chi connectivity index (χ4v) is 5.10. The highest BCUT2D eigenvalue weighted by atomic mass is 19.4. The lowest BCUT2D eigenvalue weighted by Crippen LogP contribution is -2.74. The second-order valence-electron chi connectivity index (χ2n) is 10.1. The average Bonchev–Trinajstić information content (AvgIpc) is 2.74. The van der Waals surface area contributed by atoms with Crippen LogP contribution in [-0.2, 0) is 6.18 Å². The third-order valence-electron chi connectivity index (χ3n) is 6.63. The Balaban J connectivity index is 1.78. The number of amides is 1. The number of nitriles is 1. The molecule has 1 fully saturated rings. The maximum Gasteiger partial charge on any atom is 0.417 e. The zero-order valence-electron chi connectivity index (χ0n) is 19.7. The molecule has 33 heavy (non-hydrogen) atoms. The number of carbonyl (C=O) groups is 1. The molecule has 0 aliphatic heterocycles. The fourth-order valence-electron chi connectivity index (χ4n) is 5.10. The van der Waals surface area contributed by atoms with Crippen molar-refractivity contribution in [2.24, 2.45) is 10.8 Å². The molecule has 0 unspecified atom stereocenters. The predicted molar refractivity (Wildman–Crippen MR) is 120 cm³/mol. The van der Waals surface area contributed by atoms with E-state index in [-0.39, 0.29) is 17.7 Å². The molecule has 7 heteroatoms. The van der Waals surface area contributed by atoms with Gasteiger partial charge in [-0.1, -0.05) is 53.7 Å². The third-order valence-corrected chi connectivity index (χ3v) is 6.63. The van der Waals surface area contributed by atoms with Crippen LogP contribution in [0.25, 0.3) is 0 Å². The van der Waals surface area contributed by atoms with Gasteiger partial charge in [0, 0.05) is 22.4 Å². The molecule has 1 saturated carbocycles. The van der Waals surface area contributed by atoms with Crippen LogP contribution in [0.2, 0.25) is 0 Å². The second-order valence-corrected chi connectivity index (χ2v) is 10.1. The number of nitrogens with zero attached hydrogens (tertiary/aromatic N) is 1. The summed E-state index contributed by atoms with van der Waals surface area (Å²) in [5.74, 6) is 0.207. The summed E-state index contributed by atoms with van der Waals surface area (Å²) in [6.45, 7) is 11.8. The Labute approximate surface area is 192 Å². The number of alkyl halides is 3. The lowest BCUT2D eigenvalue weighted by Gasteiger charge is -2.63. The second kappa shape index (κ2) is 8.40. The van der Waals surface area contributed by atoms with E-state index in [1.165, 1.54) is 6.07 Å². The van der Waals surface area contributed by atoms with E-state index in [0.717, 1.165) is 17.7 Å². The number of nitrogens with one attached hydrogen (secondary N) is 1. The molecule has 0 radical (unpaired) electrons. The molecule has 176 valence electrons. The summed E-state index contributed by atoms with van der Waals surface area (Å²) in [4.78, 5) is 12.9. The summed E-state index contributed by atoms with van der Waals surface area (Å²) in [5.41, 5.74) is -0.850. The van der Waals surface area contributed by atoms with Gasteiger partial charge in [-0.2, -0.15) is 18.4 Å². The van der Waals surface area contributed by atoms with Gasteiger partial charge >= 0.3 is 6.18 Å². The van der Waals surface area contributed by atoms with E-state index in [2.05, 4.69) is 19.2 Å². The minimum absolute atomic E-state index is 0.0431. The van der Waals surface area contributed by atoms with Crippen LogP contribution >= 0.6 is 0 Å². The number of rotatable bonds is 5. The van der Waals surface area contributed by atoms with Gasteiger partial charge in [-0.05, 0) is 41.8 Å². The van der Waals surface area contributed by atoms with Crippen molar-refractivity contribution in [2.75, 3.05) is 0 Å². The maximum atomic E-state index is 13.3. The fraction of sp³-hybridized carbons (Fsp3) is 0.462. The van der Waals surface area contributed by atoms with Crippen LogP contribution in [0.4, 0.5) is 13.2 Å². The molecule has 3 rings (SSSR count). The first-order chi connectivity index (χ1) is 15.2. The zero-order valence-corrected chi connectivity index (χ0v) is 19.7. The van der Waals surface area contributed by atoms with E-state index < -0.39 is 34.2 Å². The highest BCUT2D eigenvalue weighted by molar-refractivity contribution is 5.94. The Bertz CT molecular complexity index is 1060. The van der Waals surface area contributed by atoms with Gasteiger partial charge in [-0.25, -0.2) is 0 Å². The van der Waals surface area contributed by atoms with Crippen LogP contribution in [0.5, 0.6) is 5.75 Å². The van der Waals surface area contributed by atoms with Gasteiger partial charge in [0.25, 0.3) is 5.91 Å². The topological polar surface area (TPSA) is 62.1 Å². The Morgan fingerprint density at radius 3 is 2.12 bits per heavy atom. The van der Waals surface area contributed by atoms with Crippen molar-refractivity contribution in [3.8, 4) is 11.8 Å². The molecule has 0 aromatic heterocycles. The Kier molecular flexibility index (Phi) is 6.27. The quantitative estimate of drug-likeness (QED) is 0.571. The first kappa shape index (κ1) is 24.6. The van der Waals surface area contributed by atoms with E-state index in [4.69, 9.17) is 10.00 Å². The summed E-state index contributed by atoms with van der Waals surface area (Å²) in [5, 5.41) is 12.1. The van der Waals surface area contributed by atoms with Crippen molar-refractivity contribution < 1.29 is 22.7 Å². The normalized spacial score (nSPS) is 21.1. The summed E-state index contributed by atoms with van der Waals surface area (Å²) >= 11 is 0. The van der Waals surface area contributed by atoms with E-state index >= 15 is 0 Å². The lowest BCUT2D eigenvalue weighted by molar-refractivity contribution is -0.164. The van der Waals surface area contributed by atoms with Crippen molar-refractivity contribution >= 4 is 5.91 Å². The number of hydrogen-bond acceptors (Lipinski definition) is 3. The Morgan fingerprint density at radius 2 is 1.64 bits per heavy atom. The molecule has 2 aromatic carbocycles. The molecule has 1 amide bonds. The minimum atomic E-state index is -4.66. The van der Waals surface area contributed by atoms with Crippen LogP contribution < -0.4 is 10.1 Å². The molecule has 4 nitrogen and oxygen atoms in total. The van der Waals surface area contributed by atoms with E-state index in [0.29, 0.717) is 11.5 Å². The predicted octanol–water partition coefficient (Wildman–Crippen LogP) is 6.31. The monoisotopic (exact) mass is 458 g/mol. The van der Waals surface area contributed by atoms with Crippen LogP contribution in [0.1, 0.15) is 74.5 Å². The number of hydrogen-bond donors (Lipinski definition) is 1. The number of ether oxygens (including phenoxy) is 1. The van der Waals surface area contributed by atoms with E-state index in [1.54, 1.807) is 18.2 Å². The summed E-state index contributed by atoms with van der Waals surface area (Å²) in [7, 11) is 0. The molecule has 0 atom stereocenters. The van der Waals surface area contributed by atoms with Crippen molar-refractivity contribution in [3.63, 3.8) is 0 Å². The Hall–Kier alpha value is -3.01. The van der Waals surface area contributed by atoms with E-state index in [9.17, 15) is 18.0 Å². The molecular formula is C26H29F3N2O2. The standard InChI is InChI=1S/C26H29F3N2O2/c1-15(2)16-7-9-17(10-8-16)21(32)31-22-24(3,4)23(25(22,5)6)33-19-12-11-18(14-30)20(13-19)26(27,28)29/h7-13,15,22-23H,1-6H3,(H,31,32)/t22-,23-. The zero-order chi connectivity index (χ0) is 24.8. The molecule has 1 N–H and O–H groups in total. The maximum absolute atomic E-state index is 13.3. The lowest BCUT2D eigenvalue weighted by atomic mass is 9.49. The average molecular weight is 459 g/mol. The van der Waals surface area contributed by atoms with Crippen LogP contribution in [0, 0.1) is 22.2 Å². The van der Waals surface area contributed by atoms with Gasteiger partial charge in [0.05, 0.1) is 17.2 Å². The molecule has 1 aliphatic rings. The molecule has 0 saturated heterocycles. The Morgan fingerprint density at radius 1 is 1.06 bits per heavy atom. The third kappa shape index (κ3) is 4.57. The van der Waals surface area contributed by atoms with Gasteiger partial charge in [-0.15, -0.1) is 0 Å². The van der Waals surface area contributed by atoms with Crippen molar-refractivity contribution in [3.05, 3.63) is 64.7 Å². The van der Waals surface area contributed by atoms with Crippen LogP contribution in [0.3, 0.4) is 0 Å². The summed E-state index contributed by atoms with van der Waals surface area (Å²) in [6.07, 6.45) is -5.11. The highest BCUT2D eigenvalue weighted by Gasteiger charge is 2.64. The van der Waals surface area contributed by atoms with Gasteiger partial charge in [0.2, 0.25) is 0 Å². The SMILES string of the molecule is CC(C)c1ccc(C(=O)N[C@H]2C(C)(C)[C@H](Oc3ccc(C#N)c(C(F)(F)F)c3)C2(C)C)cc1. The minimum Gasteiger partial charge on any atom is -0.489 e. The van der Waals surface area contributed by atoms with E-state index in [1.807, 2.05) is 39.8 Å². The molecule has 0 spiro atoms. The van der Waals surface area contributed by atoms with Crippen molar-refractivity contribution in [1.82, 2.24) is 5.32 Å². The summed E-state index contributed by atoms with van der Waals surface area (Å²) in [6, 6.07) is 12.2. The van der Waals surface area contributed by atoms with Crippen molar-refractivity contribution in [1.29, 1.82) is 5.26 Å². The molecule has 1 aliphatic carbocycles. The smallest absolute Gasteiger partial charge is 0.417 e. The van der Waals surface area contributed by atoms with Gasteiger partial charge in [-0.3, -0.25) is 4.79 Å². The number of benzene rings is 2. The molecule has 2 aromatic rings. The molecular weight excluding hydrogens is 429 g/mol. The number of halogens is 3. The first-order valence-electron chi connectivity index (χ1n) is 10.9. The molecule has 0 bridgehead atoms. The molecule has 0 heterocycles. The highest BCUT2D eigenvalue weighted by Crippen LogP contribution is 2.55. The van der Waals surface area contributed by atoms with Crippen LogP contribution in [-0.4, -0.2) is 18.1 Å². The summed E-state index contributed by atoms with van der Waals surface area (Å²) < 4.78 is 46.0. The van der Waals surface area contributed by atoms with Gasteiger partial charge in [0.1, 0.15) is 11.9 Å². The van der Waals surface area contributed by atoms with Gasteiger partial charge in [0.15, 0.2) is 0 Å². The largest absolute Gasteiger partial charge is 0.489 e. The van der Waals surface area contributed by atoms with Crippen molar-refractivity contribution in [2.45, 2.75) is 65.8 Å². The first-order valence-corrected chi connectivity index (χ1v) is 10.9.